The average molecular weight is 271 g/mol. The Kier molecular flexibility index (Phi) is 2.90. The molecule has 0 unspecified atom stereocenters. The number of benzene rings is 1. The topological polar surface area (TPSA) is 86.5 Å². The number of aromatic nitrogens is 1. The number of pyridine rings is 1. The third kappa shape index (κ3) is 2.35. The predicted octanol–water partition coefficient (Wildman–Crippen LogP) is 1.95. The number of fused-ring (bicyclic) bond motifs is 1. The molecule has 1 aromatic carbocycles. The van der Waals surface area contributed by atoms with Gasteiger partial charge in [0.25, 0.3) is 5.91 Å². The van der Waals surface area contributed by atoms with Crippen molar-refractivity contribution in [2.24, 2.45) is 0 Å². The van der Waals surface area contributed by atoms with Crippen molar-refractivity contribution >= 4 is 17.4 Å². The van der Waals surface area contributed by atoms with Gasteiger partial charge in [0.1, 0.15) is 5.82 Å². The van der Waals surface area contributed by atoms with Crippen LogP contribution in [0, 0.1) is 6.92 Å². The highest BCUT2D eigenvalue weighted by atomic mass is 16.7. The molecule has 20 heavy (non-hydrogen) atoms. The Morgan fingerprint density at radius 2 is 2.05 bits per heavy atom. The van der Waals surface area contributed by atoms with Crippen LogP contribution in [-0.4, -0.2) is 17.7 Å². The number of nitrogens with zero attached hydrogens (tertiary/aromatic N) is 1. The lowest BCUT2D eigenvalue weighted by molar-refractivity contribution is 0.102. The summed E-state index contributed by atoms with van der Waals surface area (Å²) >= 11 is 0. The molecule has 3 N–H and O–H groups in total. The van der Waals surface area contributed by atoms with Gasteiger partial charge in [-0.2, -0.15) is 0 Å². The van der Waals surface area contributed by atoms with Gasteiger partial charge in [-0.15, -0.1) is 0 Å². The quantitative estimate of drug-likeness (QED) is 0.871. The van der Waals surface area contributed by atoms with Crippen molar-refractivity contribution in [3.63, 3.8) is 0 Å². The Bertz CT molecular complexity index is 665. The van der Waals surface area contributed by atoms with Gasteiger partial charge in [0.2, 0.25) is 6.79 Å². The van der Waals surface area contributed by atoms with Crippen molar-refractivity contribution in [1.82, 2.24) is 4.98 Å². The van der Waals surface area contributed by atoms with E-state index in [2.05, 4.69) is 10.3 Å². The fraction of sp³-hybridized carbons (Fsp3) is 0.143. The summed E-state index contributed by atoms with van der Waals surface area (Å²) in [7, 11) is 0. The zero-order valence-corrected chi connectivity index (χ0v) is 10.8. The number of anilines is 2. The van der Waals surface area contributed by atoms with Crippen LogP contribution in [0.1, 0.15) is 16.1 Å². The number of nitrogens with two attached hydrogens (primary N) is 1. The van der Waals surface area contributed by atoms with Crippen LogP contribution >= 0.6 is 0 Å². The molecule has 2 aromatic rings. The average Bonchev–Trinajstić information content (AvgIpc) is 2.85. The summed E-state index contributed by atoms with van der Waals surface area (Å²) in [6.45, 7) is 1.99. The van der Waals surface area contributed by atoms with Gasteiger partial charge in [-0.1, -0.05) is 0 Å². The van der Waals surface area contributed by atoms with Gasteiger partial charge < -0.3 is 20.5 Å². The molecule has 0 radical (unpaired) electrons. The number of hydrogen-bond acceptors (Lipinski definition) is 5. The van der Waals surface area contributed by atoms with Crippen LogP contribution < -0.4 is 20.5 Å². The molecule has 0 spiro atoms. The molecule has 1 aliphatic rings. The van der Waals surface area contributed by atoms with E-state index < -0.39 is 0 Å². The van der Waals surface area contributed by atoms with Crippen LogP contribution in [-0.2, 0) is 0 Å². The lowest BCUT2D eigenvalue weighted by Gasteiger charge is -2.07. The Morgan fingerprint density at radius 1 is 1.25 bits per heavy atom. The largest absolute Gasteiger partial charge is 0.454 e. The molecule has 6 heteroatoms. The van der Waals surface area contributed by atoms with Crippen LogP contribution in [0.5, 0.6) is 11.5 Å². The van der Waals surface area contributed by atoms with Gasteiger partial charge >= 0.3 is 0 Å². The first-order valence-electron chi connectivity index (χ1n) is 6.07. The monoisotopic (exact) mass is 271 g/mol. The van der Waals surface area contributed by atoms with Gasteiger partial charge in [0.15, 0.2) is 11.5 Å². The van der Waals surface area contributed by atoms with Crippen LogP contribution in [0.15, 0.2) is 30.3 Å². The van der Waals surface area contributed by atoms with Gasteiger partial charge in [-0.25, -0.2) is 4.98 Å². The molecule has 2 heterocycles. The number of hydrogen-bond donors (Lipinski definition) is 2. The molecule has 0 aliphatic carbocycles. The van der Waals surface area contributed by atoms with Crippen LogP contribution in [0.4, 0.5) is 11.5 Å². The molecule has 0 fully saturated rings. The highest BCUT2D eigenvalue weighted by Gasteiger charge is 2.15. The lowest BCUT2D eigenvalue weighted by Crippen LogP contribution is -2.13. The molecule has 3 rings (SSSR count). The maximum Gasteiger partial charge on any atom is 0.255 e. The van der Waals surface area contributed by atoms with Crippen molar-refractivity contribution < 1.29 is 14.3 Å². The van der Waals surface area contributed by atoms with Crippen molar-refractivity contribution in [3.8, 4) is 11.5 Å². The predicted molar refractivity (Wildman–Crippen MR) is 73.9 cm³/mol. The van der Waals surface area contributed by atoms with E-state index in [0.29, 0.717) is 34.3 Å². The van der Waals surface area contributed by atoms with Crippen LogP contribution in [0.2, 0.25) is 0 Å². The van der Waals surface area contributed by atoms with E-state index in [0.717, 1.165) is 0 Å². The van der Waals surface area contributed by atoms with E-state index in [4.69, 9.17) is 15.2 Å². The molecule has 0 bridgehead atoms. The summed E-state index contributed by atoms with van der Waals surface area (Å²) in [6.07, 6.45) is 0. The van der Waals surface area contributed by atoms with Crippen molar-refractivity contribution in [2.45, 2.75) is 6.92 Å². The second kappa shape index (κ2) is 4.73. The molecule has 1 aromatic heterocycles. The molecule has 1 aliphatic heterocycles. The zero-order valence-electron chi connectivity index (χ0n) is 10.8. The fourth-order valence-electron chi connectivity index (χ4n) is 2.00. The zero-order chi connectivity index (χ0) is 14.1. The molecule has 1 amide bonds. The first kappa shape index (κ1) is 12.3. The second-order valence-corrected chi connectivity index (χ2v) is 4.44. The molecule has 0 saturated heterocycles. The Morgan fingerprint density at radius 3 is 2.85 bits per heavy atom. The second-order valence-electron chi connectivity index (χ2n) is 4.44. The fourth-order valence-corrected chi connectivity index (χ4v) is 2.00. The van der Waals surface area contributed by atoms with E-state index in [1.165, 1.54) is 6.07 Å². The number of carbonyl (C=O) groups is 1. The lowest BCUT2D eigenvalue weighted by atomic mass is 10.2. The summed E-state index contributed by atoms with van der Waals surface area (Å²) in [6, 6.07) is 8.44. The van der Waals surface area contributed by atoms with E-state index in [1.54, 1.807) is 31.2 Å². The number of nitrogens with one attached hydrogen (secondary N) is 1. The maximum absolute atomic E-state index is 12.2. The van der Waals surface area contributed by atoms with Gasteiger partial charge in [0, 0.05) is 23.0 Å². The number of aryl methyl sites for hydroxylation is 1. The van der Waals surface area contributed by atoms with Crippen molar-refractivity contribution in [2.75, 3.05) is 17.8 Å². The normalized spacial score (nSPS) is 12.2. The highest BCUT2D eigenvalue weighted by Crippen LogP contribution is 2.34. The maximum atomic E-state index is 12.2. The molecular formula is C14H13N3O3. The summed E-state index contributed by atoms with van der Waals surface area (Å²) < 4.78 is 10.5. The van der Waals surface area contributed by atoms with E-state index in [-0.39, 0.29) is 12.7 Å². The number of nitrogen functional groups attached to an aromatic ring is 1. The minimum atomic E-state index is -0.249. The van der Waals surface area contributed by atoms with Gasteiger partial charge in [0.05, 0.1) is 0 Å². The number of ether oxygens (including phenoxy) is 2. The minimum absolute atomic E-state index is 0.201. The van der Waals surface area contributed by atoms with E-state index in [1.807, 2.05) is 0 Å². The first-order chi connectivity index (χ1) is 9.61. The van der Waals surface area contributed by atoms with Gasteiger partial charge in [-0.05, 0) is 31.2 Å². The third-order valence-electron chi connectivity index (χ3n) is 2.87. The molecule has 0 saturated carbocycles. The standard InChI is InChI=1S/C14H13N3O3/c1-8-4-9(5-13(15)16-8)14(18)17-10-2-3-11-12(6-10)20-7-19-11/h2-6H,7H2,1H3,(H2,15,16)(H,17,18). The number of rotatable bonds is 2. The molecule has 6 nitrogen and oxygen atoms in total. The summed E-state index contributed by atoms with van der Waals surface area (Å²) in [5, 5.41) is 2.78. The van der Waals surface area contributed by atoms with Crippen LogP contribution in [0.3, 0.4) is 0 Å². The van der Waals surface area contributed by atoms with E-state index >= 15 is 0 Å². The Hall–Kier alpha value is -2.76. The van der Waals surface area contributed by atoms with E-state index in [9.17, 15) is 4.79 Å². The molecule has 0 atom stereocenters. The molecule has 102 valence electrons. The number of carbonyl (C=O) groups excluding carboxylic acids is 1. The Balaban J connectivity index is 1.82. The first-order valence-corrected chi connectivity index (χ1v) is 6.07. The summed E-state index contributed by atoms with van der Waals surface area (Å²) in [5.74, 6) is 1.36. The summed E-state index contributed by atoms with van der Waals surface area (Å²) in [4.78, 5) is 16.2. The number of amides is 1. The van der Waals surface area contributed by atoms with Crippen molar-refractivity contribution in [3.05, 3.63) is 41.6 Å². The SMILES string of the molecule is Cc1cc(C(=O)Nc2ccc3c(c2)OCO3)cc(N)n1. The smallest absolute Gasteiger partial charge is 0.255 e. The van der Waals surface area contributed by atoms with Gasteiger partial charge in [-0.3, -0.25) is 4.79 Å². The minimum Gasteiger partial charge on any atom is -0.454 e. The highest BCUT2D eigenvalue weighted by molar-refractivity contribution is 6.04. The summed E-state index contributed by atoms with van der Waals surface area (Å²) in [5.41, 5.74) is 7.43. The Labute approximate surface area is 115 Å². The molecular weight excluding hydrogens is 258 g/mol. The third-order valence-corrected chi connectivity index (χ3v) is 2.87. The van der Waals surface area contributed by atoms with Crippen molar-refractivity contribution in [1.29, 1.82) is 0 Å². The van der Waals surface area contributed by atoms with Crippen LogP contribution in [0.25, 0.3) is 0 Å².